The summed E-state index contributed by atoms with van der Waals surface area (Å²) in [5.41, 5.74) is 1.02. The monoisotopic (exact) mass is 240 g/mol. The van der Waals surface area contributed by atoms with Gasteiger partial charge in [-0.3, -0.25) is 4.79 Å². The molecule has 0 fully saturated rings. The maximum Gasteiger partial charge on any atom is 0.328 e. The van der Waals surface area contributed by atoms with Crippen LogP contribution in [0.1, 0.15) is 11.1 Å². The van der Waals surface area contributed by atoms with E-state index >= 15 is 0 Å². The summed E-state index contributed by atoms with van der Waals surface area (Å²) in [6.45, 7) is 0. The second kappa shape index (κ2) is 5.32. The molecule has 16 heavy (non-hydrogen) atoms. The van der Waals surface area contributed by atoms with Crippen molar-refractivity contribution in [3.8, 4) is 0 Å². The standard InChI is InChI=1S/C11H9ClO4/c12-9-3-1-7(2-4-10(13)14)8(5-9)6-11(15)16/h1-5H,6H2,(H,13,14)(H,15,16). The molecule has 0 saturated heterocycles. The van der Waals surface area contributed by atoms with Crippen LogP contribution in [-0.4, -0.2) is 22.2 Å². The molecule has 2 N–H and O–H groups in total. The van der Waals surface area contributed by atoms with Crippen molar-refractivity contribution in [1.29, 1.82) is 0 Å². The van der Waals surface area contributed by atoms with E-state index < -0.39 is 11.9 Å². The van der Waals surface area contributed by atoms with Gasteiger partial charge in [0.05, 0.1) is 6.42 Å². The number of halogens is 1. The first kappa shape index (κ1) is 12.3. The fraction of sp³-hybridized carbons (Fsp3) is 0.0909. The molecule has 0 aromatic heterocycles. The zero-order valence-corrected chi connectivity index (χ0v) is 8.94. The van der Waals surface area contributed by atoms with Crippen molar-refractivity contribution in [3.05, 3.63) is 40.4 Å². The first-order valence-electron chi connectivity index (χ1n) is 4.40. The van der Waals surface area contributed by atoms with Crippen LogP contribution in [-0.2, 0) is 16.0 Å². The molecule has 84 valence electrons. The molecule has 0 radical (unpaired) electrons. The molecule has 0 atom stereocenters. The summed E-state index contributed by atoms with van der Waals surface area (Å²) in [6, 6.07) is 4.67. The zero-order valence-electron chi connectivity index (χ0n) is 8.18. The number of hydrogen-bond donors (Lipinski definition) is 2. The van der Waals surface area contributed by atoms with Gasteiger partial charge in [0.25, 0.3) is 0 Å². The number of aliphatic carboxylic acids is 2. The van der Waals surface area contributed by atoms with E-state index in [-0.39, 0.29) is 6.42 Å². The number of hydrogen-bond acceptors (Lipinski definition) is 2. The molecule has 0 amide bonds. The molecule has 0 unspecified atom stereocenters. The van der Waals surface area contributed by atoms with Crippen molar-refractivity contribution in [2.45, 2.75) is 6.42 Å². The van der Waals surface area contributed by atoms with Crippen molar-refractivity contribution in [2.75, 3.05) is 0 Å². The Morgan fingerprint density at radius 1 is 1.31 bits per heavy atom. The van der Waals surface area contributed by atoms with E-state index in [0.717, 1.165) is 6.08 Å². The molecule has 4 nitrogen and oxygen atoms in total. The lowest BCUT2D eigenvalue weighted by molar-refractivity contribution is -0.136. The Hall–Kier alpha value is -1.81. The topological polar surface area (TPSA) is 74.6 Å². The minimum atomic E-state index is -1.09. The highest BCUT2D eigenvalue weighted by Crippen LogP contribution is 2.18. The van der Waals surface area contributed by atoms with Crippen LogP contribution in [0.15, 0.2) is 24.3 Å². The van der Waals surface area contributed by atoms with Gasteiger partial charge in [-0.05, 0) is 29.3 Å². The van der Waals surface area contributed by atoms with E-state index in [1.807, 2.05) is 0 Å². The van der Waals surface area contributed by atoms with Crippen LogP contribution in [0.4, 0.5) is 0 Å². The maximum absolute atomic E-state index is 10.6. The molecule has 0 aliphatic rings. The van der Waals surface area contributed by atoms with Crippen LogP contribution in [0.2, 0.25) is 5.02 Å². The normalized spacial score (nSPS) is 10.6. The van der Waals surface area contributed by atoms with E-state index in [4.69, 9.17) is 21.8 Å². The average molecular weight is 241 g/mol. The molecule has 0 aliphatic carbocycles. The lowest BCUT2D eigenvalue weighted by Gasteiger charge is -2.03. The molecule has 0 saturated carbocycles. The summed E-state index contributed by atoms with van der Waals surface area (Å²) in [7, 11) is 0. The SMILES string of the molecule is O=C(O)C=Cc1ccc(Cl)cc1CC(=O)O. The van der Waals surface area contributed by atoms with E-state index in [1.165, 1.54) is 12.1 Å². The molecule has 0 aliphatic heterocycles. The highest BCUT2D eigenvalue weighted by atomic mass is 35.5. The third kappa shape index (κ3) is 3.74. The summed E-state index contributed by atoms with van der Waals surface area (Å²) in [5.74, 6) is -2.08. The summed E-state index contributed by atoms with van der Waals surface area (Å²) < 4.78 is 0. The highest BCUT2D eigenvalue weighted by molar-refractivity contribution is 6.30. The third-order valence-corrected chi connectivity index (χ3v) is 2.09. The molecule has 1 aromatic rings. The van der Waals surface area contributed by atoms with Crippen LogP contribution in [0.3, 0.4) is 0 Å². The Bertz CT molecular complexity index is 451. The molecule has 0 bridgehead atoms. The van der Waals surface area contributed by atoms with Gasteiger partial charge >= 0.3 is 11.9 Å². The molecule has 0 spiro atoms. The second-order valence-electron chi connectivity index (χ2n) is 3.09. The van der Waals surface area contributed by atoms with Crippen LogP contribution in [0.5, 0.6) is 0 Å². The fourth-order valence-corrected chi connectivity index (χ4v) is 1.41. The Balaban J connectivity index is 3.06. The lowest BCUT2D eigenvalue weighted by Crippen LogP contribution is -2.02. The summed E-state index contributed by atoms with van der Waals surface area (Å²) in [5, 5.41) is 17.6. The van der Waals surface area contributed by atoms with Gasteiger partial charge in [-0.25, -0.2) is 4.79 Å². The first-order valence-corrected chi connectivity index (χ1v) is 4.78. The maximum atomic E-state index is 10.6. The van der Waals surface area contributed by atoms with Gasteiger partial charge in [-0.2, -0.15) is 0 Å². The van der Waals surface area contributed by atoms with Gasteiger partial charge in [-0.1, -0.05) is 17.7 Å². The Morgan fingerprint density at radius 2 is 2.00 bits per heavy atom. The van der Waals surface area contributed by atoms with Gasteiger partial charge in [-0.15, -0.1) is 0 Å². The predicted molar refractivity (Wildman–Crippen MR) is 59.5 cm³/mol. The van der Waals surface area contributed by atoms with Crippen LogP contribution in [0.25, 0.3) is 6.08 Å². The molecular formula is C11H9ClO4. The average Bonchev–Trinajstić information content (AvgIpc) is 2.15. The van der Waals surface area contributed by atoms with Crippen LogP contribution >= 0.6 is 11.6 Å². The second-order valence-corrected chi connectivity index (χ2v) is 3.52. The number of benzene rings is 1. The predicted octanol–water partition coefficient (Wildman–Crippen LogP) is 2.06. The van der Waals surface area contributed by atoms with Crippen molar-refractivity contribution < 1.29 is 19.8 Å². The molecule has 1 aromatic carbocycles. The minimum absolute atomic E-state index is 0.195. The van der Waals surface area contributed by atoms with Gasteiger partial charge < -0.3 is 10.2 Å². The molecule has 5 heteroatoms. The Kier molecular flexibility index (Phi) is 4.08. The minimum Gasteiger partial charge on any atom is -0.481 e. The lowest BCUT2D eigenvalue weighted by atomic mass is 10.0. The summed E-state index contributed by atoms with van der Waals surface area (Å²) in [6.07, 6.45) is 2.10. The van der Waals surface area contributed by atoms with Crippen molar-refractivity contribution in [2.24, 2.45) is 0 Å². The van der Waals surface area contributed by atoms with E-state index in [0.29, 0.717) is 16.1 Å². The Morgan fingerprint density at radius 3 is 2.56 bits per heavy atom. The van der Waals surface area contributed by atoms with Crippen LogP contribution < -0.4 is 0 Å². The number of rotatable bonds is 4. The quantitative estimate of drug-likeness (QED) is 0.790. The smallest absolute Gasteiger partial charge is 0.328 e. The molecule has 1 rings (SSSR count). The first-order chi connectivity index (χ1) is 7.49. The van der Waals surface area contributed by atoms with Crippen molar-refractivity contribution in [3.63, 3.8) is 0 Å². The largest absolute Gasteiger partial charge is 0.481 e. The van der Waals surface area contributed by atoms with Crippen LogP contribution in [0, 0.1) is 0 Å². The van der Waals surface area contributed by atoms with Crippen molar-refractivity contribution in [1.82, 2.24) is 0 Å². The van der Waals surface area contributed by atoms with Gasteiger partial charge in [0.2, 0.25) is 0 Å². The summed E-state index contributed by atoms with van der Waals surface area (Å²) in [4.78, 5) is 20.9. The zero-order chi connectivity index (χ0) is 12.1. The fourth-order valence-electron chi connectivity index (χ4n) is 1.21. The highest BCUT2D eigenvalue weighted by Gasteiger charge is 2.06. The van der Waals surface area contributed by atoms with E-state index in [9.17, 15) is 9.59 Å². The Labute approximate surface area is 96.8 Å². The molecular weight excluding hydrogens is 232 g/mol. The summed E-state index contributed by atoms with van der Waals surface area (Å²) >= 11 is 5.73. The van der Waals surface area contributed by atoms with E-state index in [2.05, 4.69) is 0 Å². The van der Waals surface area contributed by atoms with Gasteiger partial charge in [0.15, 0.2) is 0 Å². The van der Waals surface area contributed by atoms with Gasteiger partial charge in [0, 0.05) is 11.1 Å². The van der Waals surface area contributed by atoms with Crippen molar-refractivity contribution >= 4 is 29.6 Å². The third-order valence-electron chi connectivity index (χ3n) is 1.85. The number of carbonyl (C=O) groups is 2. The van der Waals surface area contributed by atoms with E-state index in [1.54, 1.807) is 12.1 Å². The molecule has 0 heterocycles. The number of carboxylic acids is 2. The van der Waals surface area contributed by atoms with Gasteiger partial charge in [0.1, 0.15) is 0 Å². The number of carboxylic acid groups (broad SMARTS) is 2.